The van der Waals surface area contributed by atoms with Crippen molar-refractivity contribution in [1.82, 2.24) is 4.31 Å². The summed E-state index contributed by atoms with van der Waals surface area (Å²) in [5.74, 6) is 0.0389. The van der Waals surface area contributed by atoms with Crippen molar-refractivity contribution in [3.8, 4) is 5.75 Å². The molecule has 0 saturated carbocycles. The van der Waals surface area contributed by atoms with Crippen LogP contribution in [0.1, 0.15) is 10.6 Å². The van der Waals surface area contributed by atoms with Crippen LogP contribution < -0.4 is 10.1 Å². The van der Waals surface area contributed by atoms with E-state index in [0.717, 1.165) is 4.31 Å². The van der Waals surface area contributed by atoms with Crippen molar-refractivity contribution in [1.29, 1.82) is 0 Å². The number of benzene rings is 1. The smallest absolute Gasteiger partial charge is 0.291 e. The maximum Gasteiger partial charge on any atom is 0.291 e. The third-order valence-corrected chi connectivity index (χ3v) is 4.58. The predicted octanol–water partition coefficient (Wildman–Crippen LogP) is 1.79. The number of hydrogen-bond acceptors (Lipinski definition) is 5. The van der Waals surface area contributed by atoms with Gasteiger partial charge in [0, 0.05) is 19.8 Å². The van der Waals surface area contributed by atoms with E-state index in [1.54, 1.807) is 31.4 Å². The summed E-state index contributed by atoms with van der Waals surface area (Å²) < 4.78 is 34.9. The van der Waals surface area contributed by atoms with Gasteiger partial charge in [-0.05, 0) is 36.4 Å². The summed E-state index contributed by atoms with van der Waals surface area (Å²) >= 11 is 0. The molecular weight excluding hydrogens is 308 g/mol. The molecule has 1 amide bonds. The van der Waals surface area contributed by atoms with Gasteiger partial charge in [0.25, 0.3) is 15.9 Å². The Bertz CT molecular complexity index is 763. The molecule has 1 heterocycles. The van der Waals surface area contributed by atoms with E-state index < -0.39 is 15.9 Å². The minimum absolute atomic E-state index is 0.0868. The Balaban J connectivity index is 2.15. The first kappa shape index (κ1) is 16.1. The van der Waals surface area contributed by atoms with E-state index >= 15 is 0 Å². The first-order chi connectivity index (χ1) is 10.3. The number of nitrogens with zero attached hydrogens (tertiary/aromatic N) is 1. The first-order valence-electron chi connectivity index (χ1n) is 6.32. The number of rotatable bonds is 5. The van der Waals surface area contributed by atoms with Crippen LogP contribution in [0.2, 0.25) is 0 Å². The Morgan fingerprint density at radius 1 is 1.14 bits per heavy atom. The zero-order chi connectivity index (χ0) is 16.3. The molecule has 0 aliphatic heterocycles. The van der Waals surface area contributed by atoms with Gasteiger partial charge in [-0.2, -0.15) is 0 Å². The van der Waals surface area contributed by atoms with E-state index in [0.29, 0.717) is 11.4 Å². The van der Waals surface area contributed by atoms with Gasteiger partial charge in [0.2, 0.25) is 5.09 Å². The lowest BCUT2D eigenvalue weighted by molar-refractivity contribution is 0.0991. The average Bonchev–Trinajstić information content (AvgIpc) is 2.98. The first-order valence-corrected chi connectivity index (χ1v) is 7.76. The average molecular weight is 324 g/mol. The van der Waals surface area contributed by atoms with Crippen molar-refractivity contribution in [2.24, 2.45) is 0 Å². The molecule has 1 N–H and O–H groups in total. The van der Waals surface area contributed by atoms with Gasteiger partial charge in [0.1, 0.15) is 5.75 Å². The van der Waals surface area contributed by atoms with Crippen LogP contribution in [0.5, 0.6) is 5.75 Å². The zero-order valence-corrected chi connectivity index (χ0v) is 13.2. The number of methoxy groups -OCH3 is 1. The van der Waals surface area contributed by atoms with E-state index in [4.69, 9.17) is 9.15 Å². The third kappa shape index (κ3) is 3.29. The van der Waals surface area contributed by atoms with Crippen LogP contribution in [0.3, 0.4) is 0 Å². The number of hydrogen-bond donors (Lipinski definition) is 1. The quantitative estimate of drug-likeness (QED) is 0.906. The summed E-state index contributed by atoms with van der Waals surface area (Å²) in [5, 5.41) is 2.33. The highest BCUT2D eigenvalue weighted by Crippen LogP contribution is 2.19. The summed E-state index contributed by atoms with van der Waals surface area (Å²) in [5.41, 5.74) is 0.541. The molecule has 0 atom stereocenters. The second-order valence-corrected chi connectivity index (χ2v) is 6.67. The number of sulfonamides is 1. The molecule has 0 saturated heterocycles. The number of ether oxygens (including phenoxy) is 1. The molecule has 1 aromatic heterocycles. The van der Waals surface area contributed by atoms with Gasteiger partial charge < -0.3 is 14.5 Å². The van der Waals surface area contributed by atoms with Crippen LogP contribution in [-0.4, -0.2) is 39.8 Å². The van der Waals surface area contributed by atoms with Crippen LogP contribution >= 0.6 is 0 Å². The highest BCUT2D eigenvalue weighted by atomic mass is 32.2. The summed E-state index contributed by atoms with van der Waals surface area (Å²) in [6, 6.07) is 9.28. The summed E-state index contributed by atoms with van der Waals surface area (Å²) in [6.07, 6.45) is 0. The van der Waals surface area contributed by atoms with Crippen molar-refractivity contribution >= 4 is 21.6 Å². The highest BCUT2D eigenvalue weighted by Gasteiger charge is 2.23. The molecule has 22 heavy (non-hydrogen) atoms. The number of nitrogens with one attached hydrogen (secondary N) is 1. The minimum Gasteiger partial charge on any atom is -0.497 e. The lowest BCUT2D eigenvalue weighted by Crippen LogP contribution is -2.21. The molecule has 0 fully saturated rings. The van der Waals surface area contributed by atoms with Crippen LogP contribution in [-0.2, 0) is 10.0 Å². The molecule has 7 nitrogen and oxygen atoms in total. The minimum atomic E-state index is -3.70. The van der Waals surface area contributed by atoms with Crippen LogP contribution in [0.25, 0.3) is 0 Å². The van der Waals surface area contributed by atoms with Crippen molar-refractivity contribution in [3.05, 3.63) is 42.2 Å². The molecular formula is C14H16N2O5S. The Hall–Kier alpha value is -2.32. The van der Waals surface area contributed by atoms with E-state index in [9.17, 15) is 13.2 Å². The van der Waals surface area contributed by atoms with Crippen LogP contribution in [0.4, 0.5) is 5.69 Å². The summed E-state index contributed by atoms with van der Waals surface area (Å²) in [6.45, 7) is 0. The zero-order valence-electron chi connectivity index (χ0n) is 12.4. The lowest BCUT2D eigenvalue weighted by atomic mass is 10.3. The van der Waals surface area contributed by atoms with E-state index in [2.05, 4.69) is 5.32 Å². The SMILES string of the molecule is COc1ccc(NC(=O)c2ccc(S(=O)(=O)N(C)C)o2)cc1. The number of amides is 1. The summed E-state index contributed by atoms with van der Waals surface area (Å²) in [7, 11) is 0.611. The molecule has 0 unspecified atom stereocenters. The lowest BCUT2D eigenvalue weighted by Gasteiger charge is -2.08. The topological polar surface area (TPSA) is 88.8 Å². The van der Waals surface area contributed by atoms with Gasteiger partial charge in [-0.1, -0.05) is 0 Å². The van der Waals surface area contributed by atoms with Crippen molar-refractivity contribution in [2.45, 2.75) is 5.09 Å². The molecule has 118 valence electrons. The Labute approximate surface area is 128 Å². The molecule has 8 heteroatoms. The Kier molecular flexibility index (Phi) is 4.53. The second kappa shape index (κ2) is 6.20. The number of furan rings is 1. The Morgan fingerprint density at radius 3 is 2.32 bits per heavy atom. The van der Waals surface area contributed by atoms with Crippen molar-refractivity contribution < 1.29 is 22.4 Å². The van der Waals surface area contributed by atoms with Crippen LogP contribution in [0, 0.1) is 0 Å². The maximum atomic E-state index is 12.0. The molecule has 0 bridgehead atoms. The maximum absolute atomic E-state index is 12.0. The number of carbonyl (C=O) groups is 1. The molecule has 2 aromatic rings. The van der Waals surface area contributed by atoms with E-state index in [-0.39, 0.29) is 10.9 Å². The van der Waals surface area contributed by atoms with Gasteiger partial charge in [-0.3, -0.25) is 4.79 Å². The standard InChI is InChI=1S/C14H16N2O5S/c1-16(2)22(18,19)13-9-8-12(21-13)14(17)15-10-4-6-11(20-3)7-5-10/h4-9H,1-3H3,(H,15,17). The van der Waals surface area contributed by atoms with Gasteiger partial charge in [-0.25, -0.2) is 12.7 Å². The largest absolute Gasteiger partial charge is 0.497 e. The van der Waals surface area contributed by atoms with E-state index in [1.165, 1.54) is 26.2 Å². The van der Waals surface area contributed by atoms with Crippen molar-refractivity contribution in [3.63, 3.8) is 0 Å². The predicted molar refractivity (Wildman–Crippen MR) is 80.5 cm³/mol. The third-order valence-electron chi connectivity index (χ3n) is 2.89. The molecule has 0 spiro atoms. The van der Waals surface area contributed by atoms with Gasteiger partial charge in [0.05, 0.1) is 7.11 Å². The van der Waals surface area contributed by atoms with Crippen LogP contribution in [0.15, 0.2) is 45.9 Å². The highest BCUT2D eigenvalue weighted by molar-refractivity contribution is 7.88. The monoisotopic (exact) mass is 324 g/mol. The van der Waals surface area contributed by atoms with Crippen molar-refractivity contribution in [2.75, 3.05) is 26.5 Å². The van der Waals surface area contributed by atoms with E-state index in [1.807, 2.05) is 0 Å². The summed E-state index contributed by atoms with van der Waals surface area (Å²) in [4.78, 5) is 12.0. The number of anilines is 1. The normalized spacial score (nSPS) is 11.5. The molecule has 0 aliphatic carbocycles. The van der Waals surface area contributed by atoms with Gasteiger partial charge >= 0.3 is 0 Å². The molecule has 1 aromatic carbocycles. The van der Waals surface area contributed by atoms with Gasteiger partial charge in [-0.15, -0.1) is 0 Å². The van der Waals surface area contributed by atoms with Gasteiger partial charge in [0.15, 0.2) is 5.76 Å². The second-order valence-electron chi connectivity index (χ2n) is 4.59. The number of carbonyl (C=O) groups excluding carboxylic acids is 1. The molecule has 2 rings (SSSR count). The molecule has 0 radical (unpaired) electrons. The fraction of sp³-hybridized carbons (Fsp3) is 0.214. The Morgan fingerprint density at radius 2 is 1.77 bits per heavy atom. The molecule has 0 aliphatic rings. The fourth-order valence-corrected chi connectivity index (χ4v) is 2.42. The fourth-order valence-electron chi connectivity index (χ4n) is 1.63.